The maximum Gasteiger partial charge on any atom is 0.243 e. The molecule has 0 radical (unpaired) electrons. The fourth-order valence-corrected chi connectivity index (χ4v) is 6.22. The zero-order chi connectivity index (χ0) is 20.4. The Bertz CT molecular complexity index is 941. The van der Waals surface area contributed by atoms with E-state index >= 15 is 0 Å². The number of nitrogens with zero attached hydrogens (tertiary/aromatic N) is 2. The molecule has 2 aliphatic heterocycles. The first-order valence-corrected chi connectivity index (χ1v) is 12.0. The molecule has 5 nitrogen and oxygen atoms in total. The molecule has 2 aromatic rings. The molecular weight excluding hydrogens is 408 g/mol. The number of hydrogen-bond acceptors (Lipinski definition) is 4. The van der Waals surface area contributed by atoms with Gasteiger partial charge in [0, 0.05) is 30.2 Å². The Balaban J connectivity index is 1.48. The lowest BCUT2D eigenvalue weighted by Crippen LogP contribution is -2.48. The molecule has 1 N–H and O–H groups in total. The second kappa shape index (κ2) is 8.74. The van der Waals surface area contributed by atoms with Crippen LogP contribution >= 0.6 is 11.6 Å². The normalized spacial score (nSPS) is 22.2. The average Bonchev–Trinajstić information content (AvgIpc) is 3.23. The molecule has 29 heavy (non-hydrogen) atoms. The van der Waals surface area contributed by atoms with Gasteiger partial charge >= 0.3 is 0 Å². The second-order valence-electron chi connectivity index (χ2n) is 7.89. The highest BCUT2D eigenvalue weighted by atomic mass is 35.5. The van der Waals surface area contributed by atoms with Crippen molar-refractivity contribution in [2.45, 2.75) is 42.7 Å². The lowest BCUT2D eigenvalue weighted by molar-refractivity contribution is 0.0899. The van der Waals surface area contributed by atoms with E-state index in [1.165, 1.54) is 0 Å². The summed E-state index contributed by atoms with van der Waals surface area (Å²) in [5.74, 6) is 0. The first-order chi connectivity index (χ1) is 14.0. The van der Waals surface area contributed by atoms with Gasteiger partial charge < -0.3 is 5.11 Å². The molecule has 156 valence electrons. The number of rotatable bonds is 5. The Kier molecular flexibility index (Phi) is 6.27. The summed E-state index contributed by atoms with van der Waals surface area (Å²) in [4.78, 5) is 2.71. The molecule has 2 heterocycles. The minimum absolute atomic E-state index is 0.190. The van der Waals surface area contributed by atoms with E-state index in [9.17, 15) is 13.5 Å². The number of piperidine rings is 1. The summed E-state index contributed by atoms with van der Waals surface area (Å²) in [5, 5.41) is 10.2. The Morgan fingerprint density at radius 1 is 0.966 bits per heavy atom. The molecule has 0 unspecified atom stereocenters. The minimum Gasteiger partial charge on any atom is -0.395 e. The van der Waals surface area contributed by atoms with E-state index in [0.29, 0.717) is 29.0 Å². The third-order valence-electron chi connectivity index (χ3n) is 6.18. The van der Waals surface area contributed by atoms with Gasteiger partial charge in [0.2, 0.25) is 10.0 Å². The number of likely N-dealkylation sites (tertiary alicyclic amines) is 1. The number of sulfonamides is 1. The van der Waals surface area contributed by atoms with Crippen molar-refractivity contribution in [3.63, 3.8) is 0 Å². The average molecular weight is 435 g/mol. The SMILES string of the molecule is O=S(=O)(c1cccc(-c2ccc(Cl)cc2)c1)N1CCC(N2CCC[C@H]2CO)CC1. The fraction of sp³-hybridized carbons (Fsp3) is 0.455. The highest BCUT2D eigenvalue weighted by Gasteiger charge is 2.35. The quantitative estimate of drug-likeness (QED) is 0.780. The standard InChI is InChI=1S/C22H27ClN2O3S/c23-19-8-6-17(7-9-19)18-3-1-5-22(15-18)29(27,28)24-13-10-20(11-14-24)25-12-2-4-21(25)16-26/h1,3,5-9,15,20-21,26H,2,4,10-14,16H2/t21-/m0/s1. The third kappa shape index (κ3) is 4.37. The Labute approximate surface area is 178 Å². The van der Waals surface area contributed by atoms with E-state index in [0.717, 1.165) is 43.4 Å². The van der Waals surface area contributed by atoms with E-state index < -0.39 is 10.0 Å². The van der Waals surface area contributed by atoms with Gasteiger partial charge in [-0.15, -0.1) is 0 Å². The molecule has 1 atom stereocenters. The highest BCUT2D eigenvalue weighted by Crippen LogP contribution is 2.30. The summed E-state index contributed by atoms with van der Waals surface area (Å²) >= 11 is 5.96. The summed E-state index contributed by atoms with van der Waals surface area (Å²) in [6.45, 7) is 2.24. The van der Waals surface area contributed by atoms with Gasteiger partial charge in [-0.05, 0) is 67.6 Å². The topological polar surface area (TPSA) is 60.9 Å². The fourth-order valence-electron chi connectivity index (χ4n) is 4.58. The maximum absolute atomic E-state index is 13.2. The van der Waals surface area contributed by atoms with Gasteiger partial charge in [-0.25, -0.2) is 8.42 Å². The first kappa shape index (κ1) is 20.8. The van der Waals surface area contributed by atoms with E-state index in [2.05, 4.69) is 4.90 Å². The van der Waals surface area contributed by atoms with Gasteiger partial charge in [0.25, 0.3) is 0 Å². The molecule has 7 heteroatoms. The Morgan fingerprint density at radius 2 is 1.69 bits per heavy atom. The van der Waals surface area contributed by atoms with Gasteiger partial charge in [0.05, 0.1) is 11.5 Å². The van der Waals surface area contributed by atoms with E-state index in [-0.39, 0.29) is 12.6 Å². The molecule has 2 saturated heterocycles. The van der Waals surface area contributed by atoms with Crippen LogP contribution in [0, 0.1) is 0 Å². The van der Waals surface area contributed by atoms with Gasteiger partial charge in [-0.1, -0.05) is 35.9 Å². The van der Waals surface area contributed by atoms with Crippen LogP contribution < -0.4 is 0 Å². The van der Waals surface area contributed by atoms with Crippen LogP contribution in [0.1, 0.15) is 25.7 Å². The van der Waals surface area contributed by atoms with Gasteiger partial charge in [-0.3, -0.25) is 4.90 Å². The second-order valence-corrected chi connectivity index (χ2v) is 10.3. The summed E-state index contributed by atoms with van der Waals surface area (Å²) < 4.78 is 28.1. The molecule has 4 rings (SSSR count). The summed E-state index contributed by atoms with van der Waals surface area (Å²) in [5.41, 5.74) is 1.80. The van der Waals surface area contributed by atoms with E-state index in [1.54, 1.807) is 34.6 Å². The molecule has 0 aromatic heterocycles. The number of halogens is 1. The highest BCUT2D eigenvalue weighted by molar-refractivity contribution is 7.89. The summed E-state index contributed by atoms with van der Waals surface area (Å²) in [6, 6.07) is 15.1. The molecule has 0 saturated carbocycles. The van der Waals surface area contributed by atoms with Crippen molar-refractivity contribution >= 4 is 21.6 Å². The van der Waals surface area contributed by atoms with Crippen molar-refractivity contribution in [3.8, 4) is 11.1 Å². The zero-order valence-corrected chi connectivity index (χ0v) is 17.9. The van der Waals surface area contributed by atoms with Crippen LogP contribution in [0.4, 0.5) is 0 Å². The molecule has 0 aliphatic carbocycles. The van der Waals surface area contributed by atoms with Gasteiger partial charge in [0.1, 0.15) is 0 Å². The number of aliphatic hydroxyl groups excluding tert-OH is 1. The number of benzene rings is 2. The van der Waals surface area contributed by atoms with Crippen molar-refractivity contribution in [1.29, 1.82) is 0 Å². The van der Waals surface area contributed by atoms with Crippen LogP contribution in [0.15, 0.2) is 53.4 Å². The van der Waals surface area contributed by atoms with E-state index in [1.807, 2.05) is 18.2 Å². The molecule has 0 spiro atoms. The monoisotopic (exact) mass is 434 g/mol. The first-order valence-electron chi connectivity index (χ1n) is 10.2. The van der Waals surface area contributed by atoms with Crippen molar-refractivity contribution in [3.05, 3.63) is 53.6 Å². The van der Waals surface area contributed by atoms with Gasteiger partial charge in [-0.2, -0.15) is 4.31 Å². The van der Waals surface area contributed by atoms with Crippen molar-refractivity contribution < 1.29 is 13.5 Å². The lowest BCUT2D eigenvalue weighted by atomic mass is 10.0. The molecule has 0 bridgehead atoms. The molecule has 2 fully saturated rings. The van der Waals surface area contributed by atoms with E-state index in [4.69, 9.17) is 11.6 Å². The van der Waals surface area contributed by atoms with Crippen molar-refractivity contribution in [2.75, 3.05) is 26.2 Å². The van der Waals surface area contributed by atoms with Crippen LogP contribution in [-0.2, 0) is 10.0 Å². The van der Waals surface area contributed by atoms with Crippen molar-refractivity contribution in [1.82, 2.24) is 9.21 Å². The molecule has 2 aromatic carbocycles. The third-order valence-corrected chi connectivity index (χ3v) is 8.32. The largest absolute Gasteiger partial charge is 0.395 e. The maximum atomic E-state index is 13.2. The minimum atomic E-state index is -3.53. The van der Waals surface area contributed by atoms with Crippen LogP contribution in [0.25, 0.3) is 11.1 Å². The van der Waals surface area contributed by atoms with Gasteiger partial charge in [0.15, 0.2) is 0 Å². The van der Waals surface area contributed by atoms with Crippen molar-refractivity contribution in [2.24, 2.45) is 0 Å². The molecule has 0 amide bonds. The summed E-state index contributed by atoms with van der Waals surface area (Å²) in [6.07, 6.45) is 3.77. The van der Waals surface area contributed by atoms with Crippen LogP contribution in [-0.4, -0.2) is 61.1 Å². The molecule has 2 aliphatic rings. The molecular formula is C22H27ClN2O3S. The van der Waals surface area contributed by atoms with Crippen LogP contribution in [0.5, 0.6) is 0 Å². The Morgan fingerprint density at radius 3 is 2.38 bits per heavy atom. The zero-order valence-electron chi connectivity index (χ0n) is 16.4. The lowest BCUT2D eigenvalue weighted by Gasteiger charge is -2.38. The Hall–Kier alpha value is -1.44. The predicted molar refractivity (Wildman–Crippen MR) is 115 cm³/mol. The predicted octanol–water partition coefficient (Wildman–Crippen LogP) is 3.62. The number of hydrogen-bond donors (Lipinski definition) is 1. The number of aliphatic hydroxyl groups is 1. The van der Waals surface area contributed by atoms with Crippen LogP contribution in [0.3, 0.4) is 0 Å². The summed E-state index contributed by atoms with van der Waals surface area (Å²) in [7, 11) is -3.53. The van der Waals surface area contributed by atoms with Crippen LogP contribution in [0.2, 0.25) is 5.02 Å². The smallest absolute Gasteiger partial charge is 0.243 e.